The Kier molecular flexibility index (Phi) is 6.07. The van der Waals surface area contributed by atoms with Crippen LogP contribution < -0.4 is 5.32 Å². The summed E-state index contributed by atoms with van der Waals surface area (Å²) in [6.07, 6.45) is 0.968. The molecule has 25 heavy (non-hydrogen) atoms. The molecule has 2 aromatic rings. The van der Waals surface area contributed by atoms with Crippen LogP contribution >= 0.6 is 0 Å². The van der Waals surface area contributed by atoms with Gasteiger partial charge < -0.3 is 10.2 Å². The lowest BCUT2D eigenvalue weighted by Gasteiger charge is -2.35. The van der Waals surface area contributed by atoms with Gasteiger partial charge in [-0.15, -0.1) is 0 Å². The van der Waals surface area contributed by atoms with Gasteiger partial charge in [0, 0.05) is 38.4 Å². The van der Waals surface area contributed by atoms with E-state index in [0.717, 1.165) is 44.8 Å². The van der Waals surface area contributed by atoms with E-state index in [2.05, 4.69) is 47.5 Å². The van der Waals surface area contributed by atoms with Crippen molar-refractivity contribution in [2.24, 2.45) is 0 Å². The van der Waals surface area contributed by atoms with Gasteiger partial charge in [0.15, 0.2) is 0 Å². The van der Waals surface area contributed by atoms with Crippen LogP contribution in [0.1, 0.15) is 18.1 Å². The number of aryl methyl sites for hydroxylation is 1. The number of amides is 1. The first-order chi connectivity index (χ1) is 12.3. The average Bonchev–Trinajstić information content (AvgIpc) is 2.67. The number of anilines is 1. The minimum absolute atomic E-state index is 0.185. The molecule has 4 nitrogen and oxygen atoms in total. The number of nitrogens with one attached hydrogen (secondary N) is 1. The quantitative estimate of drug-likeness (QED) is 0.880. The fourth-order valence-corrected chi connectivity index (χ4v) is 3.28. The van der Waals surface area contributed by atoms with Crippen molar-refractivity contribution in [1.29, 1.82) is 0 Å². The lowest BCUT2D eigenvalue weighted by Crippen LogP contribution is -2.49. The molecule has 1 aliphatic rings. The predicted octanol–water partition coefficient (Wildman–Crippen LogP) is 3.01. The van der Waals surface area contributed by atoms with Crippen LogP contribution in [0.3, 0.4) is 0 Å². The van der Waals surface area contributed by atoms with Crippen molar-refractivity contribution in [2.45, 2.75) is 19.9 Å². The number of rotatable bonds is 6. The van der Waals surface area contributed by atoms with E-state index < -0.39 is 0 Å². The van der Waals surface area contributed by atoms with Crippen LogP contribution in [0.4, 0.5) is 5.69 Å². The van der Waals surface area contributed by atoms with Gasteiger partial charge in [-0.05, 0) is 23.6 Å². The van der Waals surface area contributed by atoms with E-state index in [9.17, 15) is 4.79 Å². The smallest absolute Gasteiger partial charge is 0.241 e. The molecule has 0 aromatic heterocycles. The van der Waals surface area contributed by atoms with E-state index in [1.165, 1.54) is 11.1 Å². The van der Waals surface area contributed by atoms with E-state index in [0.29, 0.717) is 6.54 Å². The first kappa shape index (κ1) is 17.5. The van der Waals surface area contributed by atoms with Crippen LogP contribution in [0, 0.1) is 0 Å². The number of carbonyl (C=O) groups excluding carboxylic acids is 1. The Bertz CT molecular complexity index is 679. The molecule has 1 N–H and O–H groups in total. The van der Waals surface area contributed by atoms with Crippen LogP contribution in [-0.4, -0.2) is 48.4 Å². The lowest BCUT2D eigenvalue weighted by atomic mass is 10.1. The summed E-state index contributed by atoms with van der Waals surface area (Å²) in [6, 6.07) is 18.7. The van der Waals surface area contributed by atoms with Gasteiger partial charge in [0.2, 0.25) is 5.91 Å². The van der Waals surface area contributed by atoms with Gasteiger partial charge >= 0.3 is 0 Å². The summed E-state index contributed by atoms with van der Waals surface area (Å²) in [6.45, 7) is 6.96. The number of hydrogen-bond acceptors (Lipinski definition) is 3. The third-order valence-corrected chi connectivity index (χ3v) is 4.80. The van der Waals surface area contributed by atoms with Crippen molar-refractivity contribution < 1.29 is 4.79 Å². The molecular formula is C21H27N3O. The topological polar surface area (TPSA) is 35.6 Å². The predicted molar refractivity (Wildman–Crippen MR) is 103 cm³/mol. The summed E-state index contributed by atoms with van der Waals surface area (Å²) in [5, 5.41) is 3.31. The maximum atomic E-state index is 12.5. The highest BCUT2D eigenvalue weighted by atomic mass is 16.2. The van der Waals surface area contributed by atoms with Gasteiger partial charge in [-0.25, -0.2) is 0 Å². The zero-order chi connectivity index (χ0) is 17.5. The second-order valence-electron chi connectivity index (χ2n) is 6.51. The lowest BCUT2D eigenvalue weighted by molar-refractivity contribution is -0.131. The Morgan fingerprint density at radius 1 is 0.960 bits per heavy atom. The third-order valence-electron chi connectivity index (χ3n) is 4.80. The molecule has 0 spiro atoms. The minimum Gasteiger partial charge on any atom is -0.376 e. The molecule has 0 aliphatic carbocycles. The molecular weight excluding hydrogens is 310 g/mol. The highest BCUT2D eigenvalue weighted by Crippen LogP contribution is 2.15. The first-order valence-electron chi connectivity index (χ1n) is 9.12. The zero-order valence-electron chi connectivity index (χ0n) is 14.9. The number of para-hydroxylation sites is 1. The molecule has 1 fully saturated rings. The summed E-state index contributed by atoms with van der Waals surface area (Å²) in [4.78, 5) is 16.9. The van der Waals surface area contributed by atoms with Crippen molar-refractivity contribution in [1.82, 2.24) is 9.80 Å². The largest absolute Gasteiger partial charge is 0.376 e. The van der Waals surface area contributed by atoms with Crippen molar-refractivity contribution in [3.63, 3.8) is 0 Å². The summed E-state index contributed by atoms with van der Waals surface area (Å²) < 4.78 is 0. The number of benzene rings is 2. The molecule has 0 bridgehead atoms. The molecule has 2 aromatic carbocycles. The molecule has 0 saturated carbocycles. The first-order valence-corrected chi connectivity index (χ1v) is 9.12. The van der Waals surface area contributed by atoms with Gasteiger partial charge in [0.1, 0.15) is 0 Å². The molecule has 0 radical (unpaired) electrons. The number of nitrogens with zero attached hydrogens (tertiary/aromatic N) is 2. The van der Waals surface area contributed by atoms with Crippen molar-refractivity contribution in [3.8, 4) is 0 Å². The highest BCUT2D eigenvalue weighted by molar-refractivity contribution is 5.81. The second kappa shape index (κ2) is 8.67. The van der Waals surface area contributed by atoms with Gasteiger partial charge in [0.25, 0.3) is 0 Å². The number of piperazine rings is 1. The fourth-order valence-electron chi connectivity index (χ4n) is 3.28. The summed E-state index contributed by atoms with van der Waals surface area (Å²) in [7, 11) is 0. The Labute approximate surface area is 150 Å². The average molecular weight is 337 g/mol. The Balaban J connectivity index is 1.45. The van der Waals surface area contributed by atoms with E-state index in [4.69, 9.17) is 0 Å². The van der Waals surface area contributed by atoms with Crippen molar-refractivity contribution >= 4 is 11.6 Å². The van der Waals surface area contributed by atoms with E-state index in [-0.39, 0.29) is 5.91 Å². The molecule has 1 amide bonds. The third kappa shape index (κ3) is 4.83. The summed E-state index contributed by atoms with van der Waals surface area (Å²) in [5.41, 5.74) is 3.66. The molecule has 0 unspecified atom stereocenters. The normalized spacial score (nSPS) is 15.2. The molecule has 1 heterocycles. The molecule has 3 rings (SSSR count). The maximum absolute atomic E-state index is 12.5. The van der Waals surface area contributed by atoms with Crippen LogP contribution in [0.15, 0.2) is 54.6 Å². The molecule has 132 valence electrons. The zero-order valence-corrected chi connectivity index (χ0v) is 14.9. The minimum atomic E-state index is 0.185. The number of carbonyl (C=O) groups is 1. The standard InChI is InChI=1S/C21H27N3O/c1-2-19-10-6-7-11-20(19)22-16-21(25)24-14-12-23(13-15-24)17-18-8-4-3-5-9-18/h3-11,22H,2,12-17H2,1H3. The molecule has 1 saturated heterocycles. The van der Waals surface area contributed by atoms with E-state index in [1.54, 1.807) is 0 Å². The summed E-state index contributed by atoms with van der Waals surface area (Å²) >= 11 is 0. The maximum Gasteiger partial charge on any atom is 0.241 e. The molecule has 4 heteroatoms. The summed E-state index contributed by atoms with van der Waals surface area (Å²) in [5.74, 6) is 0.185. The van der Waals surface area contributed by atoms with Crippen LogP contribution in [-0.2, 0) is 17.8 Å². The SMILES string of the molecule is CCc1ccccc1NCC(=O)N1CCN(Cc2ccccc2)CC1. The highest BCUT2D eigenvalue weighted by Gasteiger charge is 2.20. The van der Waals surface area contributed by atoms with Gasteiger partial charge in [0.05, 0.1) is 6.54 Å². The van der Waals surface area contributed by atoms with Crippen LogP contribution in [0.25, 0.3) is 0 Å². The Morgan fingerprint density at radius 2 is 1.64 bits per heavy atom. The van der Waals surface area contributed by atoms with E-state index >= 15 is 0 Å². The second-order valence-corrected chi connectivity index (χ2v) is 6.51. The van der Waals surface area contributed by atoms with Crippen molar-refractivity contribution in [2.75, 3.05) is 38.0 Å². The Hall–Kier alpha value is -2.33. The van der Waals surface area contributed by atoms with Crippen LogP contribution in [0.2, 0.25) is 0 Å². The molecule has 1 aliphatic heterocycles. The van der Waals surface area contributed by atoms with E-state index in [1.807, 2.05) is 29.2 Å². The fraction of sp³-hybridized carbons (Fsp3) is 0.381. The van der Waals surface area contributed by atoms with Gasteiger partial charge in [-0.3, -0.25) is 9.69 Å². The monoisotopic (exact) mass is 337 g/mol. The van der Waals surface area contributed by atoms with Gasteiger partial charge in [-0.1, -0.05) is 55.5 Å². The van der Waals surface area contributed by atoms with Crippen molar-refractivity contribution in [3.05, 3.63) is 65.7 Å². The Morgan fingerprint density at radius 3 is 2.36 bits per heavy atom. The molecule has 0 atom stereocenters. The van der Waals surface area contributed by atoms with Crippen LogP contribution in [0.5, 0.6) is 0 Å². The van der Waals surface area contributed by atoms with Gasteiger partial charge in [-0.2, -0.15) is 0 Å². The number of hydrogen-bond donors (Lipinski definition) is 1.